The Balaban J connectivity index is 1.73. The van der Waals surface area contributed by atoms with Crippen molar-refractivity contribution in [1.82, 2.24) is 10.2 Å². The number of carbonyl (C=O) groups is 4. The third-order valence-corrected chi connectivity index (χ3v) is 8.11. The number of nitrogens with one attached hydrogen (secondary N) is 1. The van der Waals surface area contributed by atoms with Crippen LogP contribution < -0.4 is 5.32 Å². The maximum atomic E-state index is 13.7. The average Bonchev–Trinajstić information content (AvgIpc) is 3.42. The van der Waals surface area contributed by atoms with Gasteiger partial charge in [-0.25, -0.2) is 4.79 Å². The van der Waals surface area contributed by atoms with E-state index in [1.165, 1.54) is 11.8 Å². The highest BCUT2D eigenvalue weighted by Gasteiger charge is 2.36. The molecule has 0 spiro atoms. The summed E-state index contributed by atoms with van der Waals surface area (Å²) in [6, 6.07) is 10.3. The predicted molar refractivity (Wildman–Crippen MR) is 152 cm³/mol. The number of thioether (sulfide) groups is 1. The lowest BCUT2D eigenvalue weighted by Gasteiger charge is -2.27. The smallest absolute Gasteiger partial charge is 0.465 e. The number of amides is 1. The van der Waals surface area contributed by atoms with Crippen LogP contribution in [0.4, 0.5) is 4.79 Å². The Hall–Kier alpha value is -3.09. The second-order valence-corrected chi connectivity index (χ2v) is 11.0. The Morgan fingerprint density at radius 2 is 1.82 bits per heavy atom. The molecule has 1 aromatic heterocycles. The molecule has 1 aliphatic heterocycles. The van der Waals surface area contributed by atoms with Crippen molar-refractivity contribution in [3.05, 3.63) is 58.3 Å². The molecule has 0 radical (unpaired) electrons. The average molecular weight is 593 g/mol. The van der Waals surface area contributed by atoms with Crippen molar-refractivity contribution in [2.24, 2.45) is 0 Å². The number of benzene rings is 1. The van der Waals surface area contributed by atoms with E-state index in [2.05, 4.69) is 5.32 Å². The van der Waals surface area contributed by atoms with Crippen molar-refractivity contribution in [2.75, 3.05) is 32.1 Å². The Kier molecular flexibility index (Phi) is 12.8. The monoisotopic (exact) mass is 592 g/mol. The molecule has 4 atom stereocenters. The molecule has 218 valence electrons. The number of rotatable bonds is 13. The lowest BCUT2D eigenvalue weighted by Crippen LogP contribution is -2.54. The first-order chi connectivity index (χ1) is 19.3. The number of hydrogen-bond acceptors (Lipinski definition) is 11. The van der Waals surface area contributed by atoms with Gasteiger partial charge in [-0.3, -0.25) is 19.7 Å². The van der Waals surface area contributed by atoms with Gasteiger partial charge in [-0.1, -0.05) is 30.3 Å². The summed E-state index contributed by atoms with van der Waals surface area (Å²) in [5.41, 5.74) is 2.12. The number of hydrogen-bond donors (Lipinski definition) is 1. The third kappa shape index (κ3) is 9.83. The highest BCUT2D eigenvalue weighted by molar-refractivity contribution is 7.99. The van der Waals surface area contributed by atoms with Crippen molar-refractivity contribution in [3.63, 3.8) is 0 Å². The zero-order valence-corrected chi connectivity index (χ0v) is 24.5. The number of esters is 2. The van der Waals surface area contributed by atoms with Gasteiger partial charge in [0.1, 0.15) is 12.6 Å². The molecule has 1 amide bonds. The van der Waals surface area contributed by atoms with E-state index in [0.717, 1.165) is 11.1 Å². The van der Waals surface area contributed by atoms with Crippen LogP contribution in [0.15, 0.2) is 47.2 Å². The molecule has 12 heteroatoms. The Labute approximate surface area is 242 Å². The maximum Gasteiger partial charge on any atom is 0.511 e. The van der Waals surface area contributed by atoms with Crippen LogP contribution >= 0.6 is 23.1 Å². The predicted octanol–water partition coefficient (Wildman–Crippen LogP) is 3.95. The molecule has 1 N–H and O–H groups in total. The summed E-state index contributed by atoms with van der Waals surface area (Å²) < 4.78 is 20.1. The van der Waals surface area contributed by atoms with Gasteiger partial charge in [-0.15, -0.1) is 11.8 Å². The summed E-state index contributed by atoms with van der Waals surface area (Å²) in [6.07, 6.45) is -1.07. The van der Waals surface area contributed by atoms with Gasteiger partial charge < -0.3 is 23.8 Å². The minimum Gasteiger partial charge on any atom is -0.465 e. The first-order valence-electron chi connectivity index (χ1n) is 13.2. The number of thiophene rings is 1. The van der Waals surface area contributed by atoms with Crippen molar-refractivity contribution >= 4 is 47.1 Å². The molecule has 2 heterocycles. The van der Waals surface area contributed by atoms with Gasteiger partial charge in [0.2, 0.25) is 12.2 Å². The number of nitrogens with zero attached hydrogens (tertiary/aromatic N) is 1. The van der Waals surface area contributed by atoms with E-state index >= 15 is 0 Å². The Morgan fingerprint density at radius 3 is 2.50 bits per heavy atom. The normalized spacial score (nSPS) is 18.8. The van der Waals surface area contributed by atoms with Gasteiger partial charge in [0.15, 0.2) is 0 Å². The molecule has 3 rings (SSSR count). The van der Waals surface area contributed by atoms with Crippen molar-refractivity contribution in [3.8, 4) is 0 Å². The van der Waals surface area contributed by atoms with E-state index in [9.17, 15) is 19.2 Å². The first-order valence-corrected chi connectivity index (χ1v) is 15.2. The molecule has 1 saturated heterocycles. The lowest BCUT2D eigenvalue weighted by molar-refractivity contribution is -0.171. The van der Waals surface area contributed by atoms with E-state index in [1.54, 1.807) is 36.9 Å². The fourth-order valence-electron chi connectivity index (χ4n) is 4.17. The highest BCUT2D eigenvalue weighted by Crippen LogP contribution is 2.34. The summed E-state index contributed by atoms with van der Waals surface area (Å²) in [4.78, 5) is 52.3. The van der Waals surface area contributed by atoms with Gasteiger partial charge in [0.05, 0.1) is 19.3 Å². The minimum atomic E-state index is -1.18. The van der Waals surface area contributed by atoms with E-state index in [1.807, 2.05) is 47.2 Å². The minimum absolute atomic E-state index is 0.0756. The summed E-state index contributed by atoms with van der Waals surface area (Å²) in [5.74, 6) is -1.08. The zero-order chi connectivity index (χ0) is 28.9. The molecule has 0 aliphatic carbocycles. The van der Waals surface area contributed by atoms with Crippen molar-refractivity contribution < 1.29 is 38.1 Å². The number of carbonyl (C=O) groups excluding carboxylic acids is 4. The van der Waals surface area contributed by atoms with Gasteiger partial charge in [0, 0.05) is 24.5 Å². The van der Waals surface area contributed by atoms with Gasteiger partial charge in [0.25, 0.3) is 0 Å². The summed E-state index contributed by atoms with van der Waals surface area (Å²) >= 11 is 3.14. The Bertz CT molecular complexity index is 1100. The summed E-state index contributed by atoms with van der Waals surface area (Å²) in [5, 5.41) is 7.13. The second-order valence-electron chi connectivity index (χ2n) is 9.00. The number of ether oxygens (including phenoxy) is 4. The molecular weight excluding hydrogens is 556 g/mol. The van der Waals surface area contributed by atoms with Crippen LogP contribution in [0.5, 0.6) is 0 Å². The standard InChI is InChI=1S/C28H36N2O8S2/c1-4-35-27(33)22(12-11-20-9-7-6-8-10-20)29-23-18-40-24(21-13-14-39-17-21)15-30(26(23)32)16-25(31)37-19(3)38-28(34)36-5-2/h6-10,13-14,17,19,22-24,29H,4-5,11-12,15-16,18H2,1-3H3. The fraction of sp³-hybridized carbons (Fsp3) is 0.500. The maximum absolute atomic E-state index is 13.7. The molecule has 1 fully saturated rings. The SMILES string of the molecule is CCOC(=O)OC(C)OC(=O)CN1CC(c2ccsc2)SCC(NC(CCc2ccccc2)C(=O)OCC)C1=O. The fourth-order valence-corrected chi connectivity index (χ4v) is 6.26. The topological polar surface area (TPSA) is 120 Å². The summed E-state index contributed by atoms with van der Waals surface area (Å²) in [6.45, 7) is 5.03. The number of aryl methyl sites for hydroxylation is 1. The molecule has 2 aromatic rings. The van der Waals surface area contributed by atoms with E-state index in [4.69, 9.17) is 18.9 Å². The summed E-state index contributed by atoms with van der Waals surface area (Å²) in [7, 11) is 0. The van der Waals surface area contributed by atoms with Crippen LogP contribution in [-0.4, -0.2) is 79.3 Å². The van der Waals surface area contributed by atoms with Crippen LogP contribution in [0.1, 0.15) is 43.6 Å². The first kappa shape index (κ1) is 31.4. The second kappa shape index (κ2) is 16.2. The van der Waals surface area contributed by atoms with Crippen LogP contribution in [0.2, 0.25) is 0 Å². The van der Waals surface area contributed by atoms with Crippen LogP contribution in [0, 0.1) is 0 Å². The molecule has 40 heavy (non-hydrogen) atoms. The third-order valence-electron chi connectivity index (χ3n) is 6.05. The van der Waals surface area contributed by atoms with Gasteiger partial charge >= 0.3 is 18.1 Å². The Morgan fingerprint density at radius 1 is 1.07 bits per heavy atom. The molecule has 10 nitrogen and oxygen atoms in total. The molecule has 0 bridgehead atoms. The molecular formula is C28H36N2O8S2. The lowest BCUT2D eigenvalue weighted by atomic mass is 10.0. The van der Waals surface area contributed by atoms with Crippen molar-refractivity contribution in [2.45, 2.75) is 57.2 Å². The zero-order valence-electron chi connectivity index (χ0n) is 22.9. The molecule has 1 aliphatic rings. The molecule has 0 saturated carbocycles. The van der Waals surface area contributed by atoms with Crippen LogP contribution in [0.25, 0.3) is 0 Å². The quantitative estimate of drug-likeness (QED) is 0.208. The molecule has 1 aromatic carbocycles. The van der Waals surface area contributed by atoms with Gasteiger partial charge in [-0.05, 0) is 54.6 Å². The van der Waals surface area contributed by atoms with Crippen LogP contribution in [0.3, 0.4) is 0 Å². The largest absolute Gasteiger partial charge is 0.511 e. The van der Waals surface area contributed by atoms with E-state index in [0.29, 0.717) is 18.6 Å². The van der Waals surface area contributed by atoms with E-state index in [-0.39, 0.29) is 37.5 Å². The highest BCUT2D eigenvalue weighted by atomic mass is 32.2. The van der Waals surface area contributed by atoms with E-state index < -0.39 is 36.5 Å². The van der Waals surface area contributed by atoms with Crippen molar-refractivity contribution in [1.29, 1.82) is 0 Å². The van der Waals surface area contributed by atoms with Crippen LogP contribution in [-0.2, 0) is 39.8 Å². The van der Waals surface area contributed by atoms with Gasteiger partial charge in [-0.2, -0.15) is 11.3 Å². The molecule has 4 unspecified atom stereocenters.